The minimum Gasteiger partial charge on any atom is -0.299 e. The van der Waals surface area contributed by atoms with Crippen LogP contribution >= 0.6 is 23.2 Å². The van der Waals surface area contributed by atoms with Gasteiger partial charge in [-0.25, -0.2) is 13.4 Å². The number of hydrogen-bond donors (Lipinski definition) is 0. The van der Waals surface area contributed by atoms with Gasteiger partial charge in [-0.2, -0.15) is 13.2 Å². The van der Waals surface area contributed by atoms with E-state index in [-0.39, 0.29) is 20.8 Å². The highest BCUT2D eigenvalue weighted by molar-refractivity contribution is 7.90. The van der Waals surface area contributed by atoms with Crippen LogP contribution in [0.25, 0.3) is 17.1 Å². The predicted molar refractivity (Wildman–Crippen MR) is 97.1 cm³/mol. The molecule has 0 aliphatic rings. The van der Waals surface area contributed by atoms with E-state index in [4.69, 9.17) is 23.2 Å². The van der Waals surface area contributed by atoms with Gasteiger partial charge in [0.15, 0.2) is 15.5 Å². The summed E-state index contributed by atoms with van der Waals surface area (Å²) in [5, 5.41) is 0.428. The average molecular weight is 435 g/mol. The number of benzene rings is 2. The van der Waals surface area contributed by atoms with Crippen molar-refractivity contribution >= 4 is 33.0 Å². The maximum absolute atomic E-state index is 13.2. The molecule has 0 saturated heterocycles. The van der Waals surface area contributed by atoms with Crippen molar-refractivity contribution < 1.29 is 21.6 Å². The molecule has 0 aliphatic carbocycles. The summed E-state index contributed by atoms with van der Waals surface area (Å²) in [6.07, 6.45) is -2.77. The van der Waals surface area contributed by atoms with Gasteiger partial charge < -0.3 is 0 Å². The van der Waals surface area contributed by atoms with Crippen molar-refractivity contribution in [3.8, 4) is 17.1 Å². The summed E-state index contributed by atoms with van der Waals surface area (Å²) in [5.41, 5.74) is -0.450. The third kappa shape index (κ3) is 4.12. The lowest BCUT2D eigenvalue weighted by molar-refractivity contribution is -0.140. The van der Waals surface area contributed by atoms with Gasteiger partial charge in [0.25, 0.3) is 0 Å². The molecule has 1 heterocycles. The molecule has 0 N–H and O–H groups in total. The number of sulfone groups is 1. The van der Waals surface area contributed by atoms with Gasteiger partial charge in [-0.05, 0) is 42.5 Å². The number of aromatic nitrogens is 2. The van der Waals surface area contributed by atoms with Gasteiger partial charge in [-0.1, -0.05) is 23.2 Å². The van der Waals surface area contributed by atoms with E-state index in [1.165, 1.54) is 47.0 Å². The largest absolute Gasteiger partial charge is 0.434 e. The Kier molecular flexibility index (Phi) is 5.00. The molecule has 3 aromatic rings. The molecule has 0 aliphatic heterocycles. The molecule has 4 nitrogen and oxygen atoms in total. The summed E-state index contributed by atoms with van der Waals surface area (Å²) in [4.78, 5) is 3.74. The van der Waals surface area contributed by atoms with Crippen LogP contribution in [0.15, 0.2) is 53.6 Å². The van der Waals surface area contributed by atoms with Gasteiger partial charge in [0.1, 0.15) is 5.82 Å². The third-order valence-electron chi connectivity index (χ3n) is 3.72. The molecule has 0 fully saturated rings. The minimum absolute atomic E-state index is 0.00648. The summed E-state index contributed by atoms with van der Waals surface area (Å²) in [6, 6.07) is 9.80. The van der Waals surface area contributed by atoms with Crippen LogP contribution in [-0.4, -0.2) is 24.2 Å². The number of halogens is 5. The maximum atomic E-state index is 13.2. The molecule has 0 saturated carbocycles. The first-order chi connectivity index (χ1) is 12.5. The predicted octanol–water partition coefficient (Wildman–Crippen LogP) is 5.27. The normalized spacial score (nSPS) is 12.4. The quantitative estimate of drug-likeness (QED) is 0.564. The van der Waals surface area contributed by atoms with Crippen LogP contribution in [0.3, 0.4) is 0 Å². The summed E-state index contributed by atoms with van der Waals surface area (Å²) in [5.74, 6) is -0.00648. The van der Waals surface area contributed by atoms with Crippen molar-refractivity contribution in [2.45, 2.75) is 11.1 Å². The highest BCUT2D eigenvalue weighted by Crippen LogP contribution is 2.34. The van der Waals surface area contributed by atoms with Crippen molar-refractivity contribution in [3.63, 3.8) is 0 Å². The van der Waals surface area contributed by atoms with E-state index < -0.39 is 21.7 Å². The molecule has 0 atom stereocenters. The minimum atomic E-state index is -4.65. The fraction of sp³-hybridized carbons (Fsp3) is 0.118. The van der Waals surface area contributed by atoms with Gasteiger partial charge >= 0.3 is 6.18 Å². The molecule has 0 spiro atoms. The maximum Gasteiger partial charge on any atom is 0.434 e. The van der Waals surface area contributed by atoms with Crippen LogP contribution in [0.4, 0.5) is 13.2 Å². The topological polar surface area (TPSA) is 52.0 Å². The van der Waals surface area contributed by atoms with E-state index in [0.29, 0.717) is 11.3 Å². The van der Waals surface area contributed by atoms with Crippen molar-refractivity contribution in [3.05, 3.63) is 64.4 Å². The summed E-state index contributed by atoms with van der Waals surface area (Å²) >= 11 is 11.8. The lowest BCUT2D eigenvalue weighted by Gasteiger charge is -2.09. The summed E-state index contributed by atoms with van der Waals surface area (Å²) in [6.45, 7) is 0. The van der Waals surface area contributed by atoms with Crippen molar-refractivity contribution in [1.29, 1.82) is 0 Å². The summed E-state index contributed by atoms with van der Waals surface area (Å²) < 4.78 is 63.9. The van der Waals surface area contributed by atoms with Gasteiger partial charge in [0.05, 0.1) is 14.9 Å². The zero-order chi connectivity index (χ0) is 20.0. The molecular weight excluding hydrogens is 424 g/mol. The van der Waals surface area contributed by atoms with Gasteiger partial charge in [0, 0.05) is 23.7 Å². The number of nitrogens with zero attached hydrogens (tertiary/aromatic N) is 2. The SMILES string of the molecule is CS(=O)(=O)c1ccc(-n2cc(C(F)(F)F)nc2-c2ccc(Cl)c(Cl)c2)cc1. The first-order valence-corrected chi connectivity index (χ1v) is 10.0. The van der Waals surface area contributed by atoms with Crippen LogP contribution in [0, 0.1) is 0 Å². The summed E-state index contributed by atoms with van der Waals surface area (Å²) in [7, 11) is -3.43. The Hall–Kier alpha value is -2.03. The van der Waals surface area contributed by atoms with Crippen LogP contribution in [0.5, 0.6) is 0 Å². The molecule has 27 heavy (non-hydrogen) atoms. The van der Waals surface area contributed by atoms with Crippen LogP contribution < -0.4 is 0 Å². The smallest absolute Gasteiger partial charge is 0.299 e. The van der Waals surface area contributed by atoms with E-state index in [1.54, 1.807) is 0 Å². The number of imidazole rings is 1. The Labute approximate surface area is 163 Å². The molecule has 142 valence electrons. The van der Waals surface area contributed by atoms with E-state index in [9.17, 15) is 21.6 Å². The standard InChI is InChI=1S/C17H11Cl2F3N2O2S/c1-27(25,26)12-5-3-11(4-6-12)24-9-15(17(20,21)22)23-16(24)10-2-7-13(18)14(19)8-10/h2-9H,1H3. The fourth-order valence-electron chi connectivity index (χ4n) is 2.41. The monoisotopic (exact) mass is 434 g/mol. The second kappa shape index (κ2) is 6.85. The second-order valence-electron chi connectivity index (χ2n) is 5.71. The molecule has 0 unspecified atom stereocenters. The first-order valence-electron chi connectivity index (χ1n) is 7.39. The van der Waals surface area contributed by atoms with Gasteiger partial charge in [0.2, 0.25) is 0 Å². The van der Waals surface area contributed by atoms with Crippen LogP contribution in [-0.2, 0) is 16.0 Å². The Morgan fingerprint density at radius 3 is 2.15 bits per heavy atom. The Balaban J connectivity index is 2.19. The zero-order valence-corrected chi connectivity index (χ0v) is 16.0. The molecular formula is C17H11Cl2F3N2O2S. The van der Waals surface area contributed by atoms with Gasteiger partial charge in [-0.3, -0.25) is 4.57 Å². The molecule has 0 radical (unpaired) electrons. The Bertz CT molecular complexity index is 1110. The number of alkyl halides is 3. The van der Waals surface area contributed by atoms with E-state index in [2.05, 4.69) is 4.98 Å². The lowest BCUT2D eigenvalue weighted by atomic mass is 10.2. The average Bonchev–Trinajstić information content (AvgIpc) is 3.02. The van der Waals surface area contributed by atoms with E-state index in [0.717, 1.165) is 12.5 Å². The molecule has 3 rings (SSSR count). The fourth-order valence-corrected chi connectivity index (χ4v) is 3.34. The third-order valence-corrected chi connectivity index (χ3v) is 5.58. The molecule has 2 aromatic carbocycles. The Morgan fingerprint density at radius 2 is 1.63 bits per heavy atom. The van der Waals surface area contributed by atoms with E-state index in [1.807, 2.05) is 0 Å². The van der Waals surface area contributed by atoms with Crippen LogP contribution in [0.2, 0.25) is 10.0 Å². The lowest BCUT2D eigenvalue weighted by Crippen LogP contribution is -2.05. The molecule has 0 amide bonds. The van der Waals surface area contributed by atoms with Gasteiger partial charge in [-0.15, -0.1) is 0 Å². The van der Waals surface area contributed by atoms with Crippen molar-refractivity contribution in [1.82, 2.24) is 9.55 Å². The first kappa shape index (κ1) is 19.7. The molecule has 0 bridgehead atoms. The van der Waals surface area contributed by atoms with Crippen molar-refractivity contribution in [2.24, 2.45) is 0 Å². The van der Waals surface area contributed by atoms with Crippen LogP contribution in [0.1, 0.15) is 5.69 Å². The highest BCUT2D eigenvalue weighted by atomic mass is 35.5. The highest BCUT2D eigenvalue weighted by Gasteiger charge is 2.35. The second-order valence-corrected chi connectivity index (χ2v) is 8.54. The Morgan fingerprint density at radius 1 is 1.00 bits per heavy atom. The molecule has 1 aromatic heterocycles. The zero-order valence-electron chi connectivity index (χ0n) is 13.6. The van der Waals surface area contributed by atoms with E-state index >= 15 is 0 Å². The molecule has 10 heteroatoms. The number of hydrogen-bond acceptors (Lipinski definition) is 3. The van der Waals surface area contributed by atoms with Crippen molar-refractivity contribution in [2.75, 3.05) is 6.26 Å². The number of rotatable bonds is 3.